The number of ether oxygens (including phenoxy) is 1. The number of nitrogen functional groups attached to an aromatic ring is 1. The van der Waals surface area contributed by atoms with Gasteiger partial charge in [0.25, 0.3) is 0 Å². The Bertz CT molecular complexity index is 644. The maximum atomic E-state index is 11.8. The Kier molecular flexibility index (Phi) is 9.48. The van der Waals surface area contributed by atoms with Crippen LogP contribution in [0.5, 0.6) is 5.75 Å². The molecule has 0 heterocycles. The molecule has 25 heavy (non-hydrogen) atoms. The van der Waals surface area contributed by atoms with E-state index in [1.165, 1.54) is 5.56 Å². The number of unbranched alkanes of at least 4 members (excludes halogenated alkanes) is 1. The molecular weight excluding hydrogens is 336 g/mol. The lowest BCUT2D eigenvalue weighted by atomic mass is 10.1. The molecule has 2 rings (SSSR count). The third-order valence-corrected chi connectivity index (χ3v) is 3.86. The Balaban J connectivity index is 0.00000312. The van der Waals surface area contributed by atoms with Gasteiger partial charge < -0.3 is 15.8 Å². The molecule has 0 aromatic heterocycles. The number of rotatable bonds is 9. The fraction of sp³-hybridized carbons (Fsp3) is 0.350. The molecule has 0 fully saturated rings. The van der Waals surface area contributed by atoms with Gasteiger partial charge in [0.15, 0.2) is 0 Å². The Labute approximate surface area is 156 Å². The van der Waals surface area contributed by atoms with Crippen molar-refractivity contribution in [3.05, 3.63) is 59.7 Å². The van der Waals surface area contributed by atoms with E-state index in [1.54, 1.807) is 0 Å². The molecule has 4 nitrogen and oxygen atoms in total. The van der Waals surface area contributed by atoms with Crippen LogP contribution in [0.4, 0.5) is 5.69 Å². The number of aryl methyl sites for hydroxylation is 2. The molecule has 2 aromatic rings. The van der Waals surface area contributed by atoms with Crippen LogP contribution in [0.25, 0.3) is 0 Å². The summed E-state index contributed by atoms with van der Waals surface area (Å²) < 4.78 is 5.66. The highest BCUT2D eigenvalue weighted by Gasteiger charge is 2.04. The minimum atomic E-state index is 0. The molecule has 136 valence electrons. The molecule has 0 saturated carbocycles. The minimum absolute atomic E-state index is 0. The van der Waals surface area contributed by atoms with E-state index in [2.05, 4.69) is 12.2 Å². The standard InChI is InChI=1S/C20H26N2O2.ClH/c1-16-8-11-18(12-9-16)24-15-5-4-14-22-20(23)13-10-17-6-2-3-7-19(17)21;/h2-3,6-9,11-12H,4-5,10,13-15,21H2,1H3,(H,22,23);1H. The number of halogens is 1. The van der Waals surface area contributed by atoms with Crippen molar-refractivity contribution in [2.75, 3.05) is 18.9 Å². The minimum Gasteiger partial charge on any atom is -0.494 e. The average molecular weight is 363 g/mol. The van der Waals surface area contributed by atoms with Gasteiger partial charge in [-0.2, -0.15) is 0 Å². The second-order valence-electron chi connectivity index (χ2n) is 5.92. The van der Waals surface area contributed by atoms with Gasteiger partial charge in [0.1, 0.15) is 5.75 Å². The molecule has 1 amide bonds. The number of anilines is 1. The SMILES string of the molecule is Cc1ccc(OCCCCNC(=O)CCc2ccccc2N)cc1.Cl. The van der Waals surface area contributed by atoms with Crippen molar-refractivity contribution >= 4 is 24.0 Å². The van der Waals surface area contributed by atoms with Crippen molar-refractivity contribution in [2.45, 2.75) is 32.6 Å². The van der Waals surface area contributed by atoms with E-state index in [0.717, 1.165) is 29.8 Å². The van der Waals surface area contributed by atoms with Gasteiger partial charge >= 0.3 is 0 Å². The molecule has 0 bridgehead atoms. The maximum absolute atomic E-state index is 11.8. The Hall–Kier alpha value is -2.20. The summed E-state index contributed by atoms with van der Waals surface area (Å²) in [5.74, 6) is 0.961. The van der Waals surface area contributed by atoms with Crippen LogP contribution in [0.3, 0.4) is 0 Å². The Morgan fingerprint density at radius 3 is 2.52 bits per heavy atom. The second kappa shape index (κ2) is 11.4. The summed E-state index contributed by atoms with van der Waals surface area (Å²) in [5, 5.41) is 2.94. The average Bonchev–Trinajstić information content (AvgIpc) is 2.59. The first kappa shape index (κ1) is 20.8. The molecule has 0 radical (unpaired) electrons. The molecule has 0 aliphatic rings. The summed E-state index contributed by atoms with van der Waals surface area (Å²) in [5.41, 5.74) is 8.87. The molecule has 0 aliphatic heterocycles. The lowest BCUT2D eigenvalue weighted by Crippen LogP contribution is -2.25. The summed E-state index contributed by atoms with van der Waals surface area (Å²) in [6.45, 7) is 3.40. The first-order chi connectivity index (χ1) is 11.6. The number of benzene rings is 2. The third kappa shape index (κ3) is 7.94. The van der Waals surface area contributed by atoms with E-state index in [1.807, 2.05) is 48.5 Å². The summed E-state index contributed by atoms with van der Waals surface area (Å²) in [6, 6.07) is 15.7. The molecule has 2 aromatic carbocycles. The quantitative estimate of drug-likeness (QED) is 0.525. The maximum Gasteiger partial charge on any atom is 0.220 e. The molecule has 5 heteroatoms. The lowest BCUT2D eigenvalue weighted by molar-refractivity contribution is -0.121. The molecule has 0 saturated heterocycles. The topological polar surface area (TPSA) is 64.3 Å². The zero-order chi connectivity index (χ0) is 17.2. The van der Waals surface area contributed by atoms with Gasteiger partial charge in [-0.3, -0.25) is 4.79 Å². The van der Waals surface area contributed by atoms with Crippen molar-refractivity contribution in [1.29, 1.82) is 0 Å². The van der Waals surface area contributed by atoms with Crippen molar-refractivity contribution in [2.24, 2.45) is 0 Å². The summed E-state index contributed by atoms with van der Waals surface area (Å²) >= 11 is 0. The number of amides is 1. The van der Waals surface area contributed by atoms with Crippen molar-refractivity contribution in [3.8, 4) is 5.75 Å². The van der Waals surface area contributed by atoms with Crippen LogP contribution in [-0.2, 0) is 11.2 Å². The molecule has 0 aliphatic carbocycles. The first-order valence-corrected chi connectivity index (χ1v) is 8.44. The van der Waals surface area contributed by atoms with Crippen LogP contribution in [0.2, 0.25) is 0 Å². The smallest absolute Gasteiger partial charge is 0.220 e. The highest BCUT2D eigenvalue weighted by Crippen LogP contribution is 2.13. The fourth-order valence-corrected chi connectivity index (χ4v) is 2.38. The monoisotopic (exact) mass is 362 g/mol. The van der Waals surface area contributed by atoms with Gasteiger partial charge in [-0.15, -0.1) is 12.4 Å². The Morgan fingerprint density at radius 1 is 1.08 bits per heavy atom. The number of nitrogens with two attached hydrogens (primary N) is 1. The van der Waals surface area contributed by atoms with E-state index in [9.17, 15) is 4.79 Å². The van der Waals surface area contributed by atoms with Gasteiger partial charge in [-0.05, 0) is 49.9 Å². The number of carbonyl (C=O) groups is 1. The largest absolute Gasteiger partial charge is 0.494 e. The molecule has 3 N–H and O–H groups in total. The summed E-state index contributed by atoms with van der Waals surface area (Å²) in [4.78, 5) is 11.8. The second-order valence-corrected chi connectivity index (χ2v) is 5.92. The zero-order valence-electron chi connectivity index (χ0n) is 14.7. The van der Waals surface area contributed by atoms with E-state index >= 15 is 0 Å². The summed E-state index contributed by atoms with van der Waals surface area (Å²) in [7, 11) is 0. The van der Waals surface area contributed by atoms with Crippen LogP contribution in [-0.4, -0.2) is 19.1 Å². The van der Waals surface area contributed by atoms with Crippen LogP contribution >= 0.6 is 12.4 Å². The van der Waals surface area contributed by atoms with Crippen molar-refractivity contribution in [1.82, 2.24) is 5.32 Å². The van der Waals surface area contributed by atoms with Gasteiger partial charge in [0.05, 0.1) is 6.61 Å². The van der Waals surface area contributed by atoms with E-state index < -0.39 is 0 Å². The number of hydrogen-bond donors (Lipinski definition) is 2. The van der Waals surface area contributed by atoms with Crippen molar-refractivity contribution in [3.63, 3.8) is 0 Å². The van der Waals surface area contributed by atoms with Crippen LogP contribution < -0.4 is 15.8 Å². The van der Waals surface area contributed by atoms with Crippen molar-refractivity contribution < 1.29 is 9.53 Å². The molecule has 0 atom stereocenters. The van der Waals surface area contributed by atoms with Gasteiger partial charge in [-0.25, -0.2) is 0 Å². The Morgan fingerprint density at radius 2 is 1.80 bits per heavy atom. The fourth-order valence-electron chi connectivity index (χ4n) is 2.38. The molecule has 0 spiro atoms. The summed E-state index contributed by atoms with van der Waals surface area (Å²) in [6.07, 6.45) is 2.97. The first-order valence-electron chi connectivity index (χ1n) is 8.44. The highest BCUT2D eigenvalue weighted by atomic mass is 35.5. The number of carbonyl (C=O) groups excluding carboxylic acids is 1. The van der Waals surface area contributed by atoms with E-state index in [4.69, 9.17) is 10.5 Å². The molecule has 0 unspecified atom stereocenters. The third-order valence-electron chi connectivity index (χ3n) is 3.86. The number of nitrogens with one attached hydrogen (secondary N) is 1. The predicted molar refractivity (Wildman–Crippen MR) is 105 cm³/mol. The van der Waals surface area contributed by atoms with Gasteiger partial charge in [0.2, 0.25) is 5.91 Å². The van der Waals surface area contributed by atoms with Crippen LogP contribution in [0.1, 0.15) is 30.4 Å². The van der Waals surface area contributed by atoms with Gasteiger partial charge in [0, 0.05) is 18.7 Å². The van der Waals surface area contributed by atoms with Crippen LogP contribution in [0.15, 0.2) is 48.5 Å². The normalized spacial score (nSPS) is 9.96. The van der Waals surface area contributed by atoms with E-state index in [0.29, 0.717) is 26.0 Å². The number of para-hydroxylation sites is 1. The predicted octanol–water partition coefficient (Wildman–Crippen LogP) is 3.91. The highest BCUT2D eigenvalue weighted by molar-refractivity contribution is 5.85. The number of hydrogen-bond acceptors (Lipinski definition) is 3. The molecular formula is C20H27ClN2O2. The zero-order valence-corrected chi connectivity index (χ0v) is 15.5. The lowest BCUT2D eigenvalue weighted by Gasteiger charge is -2.08. The van der Waals surface area contributed by atoms with Crippen LogP contribution in [0, 0.1) is 6.92 Å². The van der Waals surface area contributed by atoms with Gasteiger partial charge in [-0.1, -0.05) is 35.9 Å². The van der Waals surface area contributed by atoms with E-state index in [-0.39, 0.29) is 18.3 Å².